The van der Waals surface area contributed by atoms with Crippen LogP contribution in [0.15, 0.2) is 15.8 Å². The first kappa shape index (κ1) is 17.4. The molecular weight excluding hydrogens is 343 g/mol. The van der Waals surface area contributed by atoms with Gasteiger partial charge in [-0.3, -0.25) is 18.9 Å². The van der Waals surface area contributed by atoms with Crippen LogP contribution in [0.2, 0.25) is 5.02 Å². The van der Waals surface area contributed by atoms with Gasteiger partial charge >= 0.3 is 13.3 Å². The molecule has 10 nitrogen and oxygen atoms in total. The van der Waals surface area contributed by atoms with Crippen molar-refractivity contribution in [3.8, 4) is 0 Å². The first-order chi connectivity index (χ1) is 10.1. The molecule has 0 aliphatic carbocycles. The second-order valence-corrected chi connectivity index (χ2v) is 6.79. The summed E-state index contributed by atoms with van der Waals surface area (Å²) >= 11 is 5.63. The maximum Gasteiger partial charge on any atom is 0.350 e. The Morgan fingerprint density at radius 3 is 2.73 bits per heavy atom. The normalized spacial score (nSPS) is 29.0. The third-order valence-corrected chi connectivity index (χ3v) is 3.83. The van der Waals surface area contributed by atoms with Crippen molar-refractivity contribution in [3.05, 3.63) is 32.1 Å². The van der Waals surface area contributed by atoms with Crippen LogP contribution in [0, 0.1) is 0 Å². The average Bonchev–Trinajstić information content (AvgIpc) is 2.66. The quantitative estimate of drug-likeness (QED) is 0.501. The number of aliphatic hydroxyl groups is 1. The summed E-state index contributed by atoms with van der Waals surface area (Å²) in [7, 11) is -4.41. The molecule has 4 N–H and O–H groups in total. The van der Waals surface area contributed by atoms with Crippen LogP contribution in [0.25, 0.3) is 0 Å². The lowest BCUT2D eigenvalue weighted by molar-refractivity contribution is -0.0358. The number of hydrogen-bond donors (Lipinski definition) is 4. The fourth-order valence-corrected chi connectivity index (χ4v) is 2.63. The molecule has 0 radical (unpaired) electrons. The van der Waals surface area contributed by atoms with Gasteiger partial charge in [0.05, 0.1) is 6.10 Å². The van der Waals surface area contributed by atoms with Crippen molar-refractivity contribution in [2.75, 3.05) is 6.35 Å². The second kappa shape index (κ2) is 6.25. The minimum absolute atomic E-state index is 0.275. The minimum Gasteiger partial charge on any atom is -0.386 e. The summed E-state index contributed by atoms with van der Waals surface area (Å²) in [5.41, 5.74) is -1.63. The second-order valence-electron chi connectivity index (χ2n) is 4.79. The van der Waals surface area contributed by atoms with Crippen LogP contribution < -0.4 is 11.2 Å². The summed E-state index contributed by atoms with van der Waals surface area (Å²) in [6, 6.07) is 0. The number of aliphatic hydroxyl groups excluding tert-OH is 1. The lowest BCUT2D eigenvalue weighted by Gasteiger charge is -2.20. The molecule has 124 valence electrons. The number of aromatic nitrogens is 2. The Bertz CT molecular complexity index is 712. The number of H-pyrrole nitrogens is 1. The van der Waals surface area contributed by atoms with Gasteiger partial charge in [0.15, 0.2) is 6.23 Å². The molecule has 1 aromatic rings. The zero-order valence-corrected chi connectivity index (χ0v) is 12.9. The molecule has 0 bridgehead atoms. The van der Waals surface area contributed by atoms with E-state index in [1.807, 2.05) is 4.98 Å². The predicted molar refractivity (Wildman–Crippen MR) is 73.7 cm³/mol. The van der Waals surface area contributed by atoms with Crippen LogP contribution >= 0.6 is 19.2 Å². The molecule has 4 atom stereocenters. The van der Waals surface area contributed by atoms with E-state index in [0.29, 0.717) is 0 Å². The fourth-order valence-electron chi connectivity index (χ4n) is 2.11. The number of ether oxygens (including phenoxy) is 2. The molecule has 0 spiro atoms. The Kier molecular flexibility index (Phi) is 4.93. The first-order valence-corrected chi connectivity index (χ1v) is 8.28. The summed E-state index contributed by atoms with van der Waals surface area (Å²) < 4.78 is 22.1. The summed E-state index contributed by atoms with van der Waals surface area (Å²) in [6.07, 6.45) is -4.29. The molecule has 0 aromatic carbocycles. The molecule has 1 aliphatic heterocycles. The molecule has 1 fully saturated rings. The van der Waals surface area contributed by atoms with Gasteiger partial charge in [0.25, 0.3) is 5.56 Å². The summed E-state index contributed by atoms with van der Waals surface area (Å²) in [5, 5.41) is 9.88. The summed E-state index contributed by atoms with van der Waals surface area (Å²) in [6.45, 7) is 1.51. The lowest BCUT2D eigenvalue weighted by atomic mass is 10.1. The Morgan fingerprint density at radius 2 is 2.14 bits per heavy atom. The van der Waals surface area contributed by atoms with Crippen LogP contribution in [0.3, 0.4) is 0 Å². The van der Waals surface area contributed by atoms with E-state index in [2.05, 4.69) is 0 Å². The zero-order valence-electron chi connectivity index (χ0n) is 11.2. The van der Waals surface area contributed by atoms with Gasteiger partial charge in [0, 0.05) is 6.20 Å². The third-order valence-electron chi connectivity index (χ3n) is 3.08. The molecule has 12 heteroatoms. The number of halogens is 1. The van der Waals surface area contributed by atoms with E-state index >= 15 is 0 Å². The van der Waals surface area contributed by atoms with Crippen molar-refractivity contribution < 1.29 is 28.9 Å². The monoisotopic (exact) mass is 356 g/mol. The van der Waals surface area contributed by atoms with E-state index in [1.165, 1.54) is 6.92 Å². The molecular formula is C10H14ClN2O8P. The van der Waals surface area contributed by atoms with Crippen molar-refractivity contribution >= 4 is 19.2 Å². The fraction of sp³-hybridized carbons (Fsp3) is 0.600. The van der Waals surface area contributed by atoms with E-state index in [0.717, 1.165) is 10.8 Å². The van der Waals surface area contributed by atoms with Crippen molar-refractivity contribution in [1.29, 1.82) is 0 Å². The highest BCUT2D eigenvalue weighted by atomic mass is 35.5. The molecule has 1 aromatic heterocycles. The number of nitrogens with zero attached hydrogens (tertiary/aromatic N) is 1. The van der Waals surface area contributed by atoms with Crippen LogP contribution in [-0.4, -0.2) is 49.1 Å². The molecule has 0 unspecified atom stereocenters. The first-order valence-electron chi connectivity index (χ1n) is 6.11. The van der Waals surface area contributed by atoms with E-state index in [4.69, 9.17) is 30.9 Å². The highest BCUT2D eigenvalue weighted by Gasteiger charge is 2.44. The molecule has 0 saturated carbocycles. The van der Waals surface area contributed by atoms with Gasteiger partial charge in [0.1, 0.15) is 23.6 Å². The highest BCUT2D eigenvalue weighted by Crippen LogP contribution is 2.37. The smallest absolute Gasteiger partial charge is 0.350 e. The highest BCUT2D eigenvalue weighted by molar-refractivity contribution is 7.51. The number of aromatic amines is 1. The SMILES string of the molecule is C[C@H]1O[C@@H](n2cc(Cl)c(=O)[nH]c2=O)[C@H](O)[C@H]1OCP(=O)(O)O. The molecule has 0 amide bonds. The van der Waals surface area contributed by atoms with Crippen molar-refractivity contribution in [1.82, 2.24) is 9.55 Å². The predicted octanol–water partition coefficient (Wildman–Crippen LogP) is -1.01. The standard InChI is InChI=1S/C10H14ClN2O8P/c1-4-7(20-3-22(17,18)19)6(14)9(21-4)13-2-5(11)8(15)12-10(13)16/h2,4,6-7,9,14H,3H2,1H3,(H,12,15,16)(H2,17,18,19)/t4-,6-,7+,9-/m1/s1. The van der Waals surface area contributed by atoms with Gasteiger partial charge in [-0.2, -0.15) is 0 Å². The Hall–Kier alpha value is -1.00. The van der Waals surface area contributed by atoms with Crippen LogP contribution in [0.1, 0.15) is 13.2 Å². The largest absolute Gasteiger partial charge is 0.386 e. The molecule has 1 aliphatic rings. The van der Waals surface area contributed by atoms with E-state index in [-0.39, 0.29) is 5.02 Å². The van der Waals surface area contributed by atoms with Gasteiger partial charge in [0.2, 0.25) is 0 Å². The summed E-state index contributed by atoms with van der Waals surface area (Å²) in [5.74, 6) is 0. The van der Waals surface area contributed by atoms with E-state index in [9.17, 15) is 19.3 Å². The van der Waals surface area contributed by atoms with Crippen molar-refractivity contribution in [3.63, 3.8) is 0 Å². The Labute approximate surface area is 128 Å². The van der Waals surface area contributed by atoms with Crippen molar-refractivity contribution in [2.45, 2.75) is 31.5 Å². The Balaban J connectivity index is 2.25. The van der Waals surface area contributed by atoms with Gasteiger partial charge in [-0.05, 0) is 6.92 Å². The number of rotatable bonds is 4. The number of nitrogens with one attached hydrogen (secondary N) is 1. The Morgan fingerprint density at radius 1 is 1.50 bits per heavy atom. The van der Waals surface area contributed by atoms with E-state index in [1.54, 1.807) is 0 Å². The van der Waals surface area contributed by atoms with Gasteiger partial charge in [-0.1, -0.05) is 11.6 Å². The van der Waals surface area contributed by atoms with Crippen LogP contribution in [0.4, 0.5) is 0 Å². The topological polar surface area (TPSA) is 151 Å². The van der Waals surface area contributed by atoms with Crippen molar-refractivity contribution in [2.24, 2.45) is 0 Å². The minimum atomic E-state index is -4.41. The molecule has 2 rings (SSSR count). The van der Waals surface area contributed by atoms with Crippen LogP contribution in [0.5, 0.6) is 0 Å². The van der Waals surface area contributed by atoms with Gasteiger partial charge in [-0.25, -0.2) is 4.79 Å². The summed E-state index contributed by atoms with van der Waals surface area (Å²) in [4.78, 5) is 42.5. The van der Waals surface area contributed by atoms with Gasteiger partial charge < -0.3 is 24.4 Å². The third kappa shape index (κ3) is 3.66. The maximum absolute atomic E-state index is 11.7. The van der Waals surface area contributed by atoms with Crippen LogP contribution in [-0.2, 0) is 14.0 Å². The van der Waals surface area contributed by atoms with E-state index < -0.39 is 49.7 Å². The molecule has 22 heavy (non-hydrogen) atoms. The average molecular weight is 357 g/mol. The number of hydrogen-bond acceptors (Lipinski definition) is 6. The zero-order chi connectivity index (χ0) is 16.7. The lowest BCUT2D eigenvalue weighted by Crippen LogP contribution is -2.38. The van der Waals surface area contributed by atoms with Gasteiger partial charge in [-0.15, -0.1) is 0 Å². The maximum atomic E-state index is 11.7. The molecule has 2 heterocycles. The molecule has 1 saturated heterocycles.